The first-order valence-electron chi connectivity index (χ1n) is 5.41. The van der Waals surface area contributed by atoms with E-state index in [4.69, 9.17) is 28.3 Å². The fourth-order valence-electron chi connectivity index (χ4n) is 1.60. The molecular weight excluding hydrogens is 305 g/mol. The van der Waals surface area contributed by atoms with Crippen LogP contribution in [0.25, 0.3) is 0 Å². The van der Waals surface area contributed by atoms with Crippen molar-refractivity contribution in [1.29, 1.82) is 0 Å². The first-order valence-corrected chi connectivity index (χ1v) is 6.17. The van der Waals surface area contributed by atoms with Crippen LogP contribution in [-0.2, 0) is 7.05 Å². The standard InChI is InChI=1S/C12H9Cl2N3O3/c1-17-10(12(19)20)5-9(16-17)11(18)15-8-3-6(13)2-7(14)4-8/h2-5H,1H3,(H,15,18)(H,19,20). The van der Waals surface area contributed by atoms with Crippen LogP contribution in [0, 0.1) is 0 Å². The van der Waals surface area contributed by atoms with Gasteiger partial charge in [-0.2, -0.15) is 5.10 Å². The average molecular weight is 314 g/mol. The molecule has 0 fully saturated rings. The predicted octanol–water partition coefficient (Wildman–Crippen LogP) is 2.68. The molecule has 1 aromatic carbocycles. The SMILES string of the molecule is Cn1nc(C(=O)Nc2cc(Cl)cc(Cl)c2)cc1C(=O)O. The maximum Gasteiger partial charge on any atom is 0.354 e. The van der Waals surface area contributed by atoms with Crippen molar-refractivity contribution in [1.82, 2.24) is 9.78 Å². The molecule has 2 aromatic rings. The van der Waals surface area contributed by atoms with Crippen molar-refractivity contribution in [2.75, 3.05) is 5.32 Å². The van der Waals surface area contributed by atoms with Gasteiger partial charge < -0.3 is 10.4 Å². The number of carboxylic acids is 1. The van der Waals surface area contributed by atoms with Crippen molar-refractivity contribution in [3.63, 3.8) is 0 Å². The summed E-state index contributed by atoms with van der Waals surface area (Å²) < 4.78 is 1.11. The van der Waals surface area contributed by atoms with Crippen LogP contribution in [0.15, 0.2) is 24.3 Å². The zero-order chi connectivity index (χ0) is 14.9. The van der Waals surface area contributed by atoms with Gasteiger partial charge in [0.05, 0.1) is 0 Å². The van der Waals surface area contributed by atoms with E-state index in [0.717, 1.165) is 4.68 Å². The summed E-state index contributed by atoms with van der Waals surface area (Å²) in [5, 5.41) is 16.0. The van der Waals surface area contributed by atoms with Gasteiger partial charge in [-0.3, -0.25) is 9.48 Å². The average Bonchev–Trinajstić information content (AvgIpc) is 2.70. The Morgan fingerprint density at radius 2 is 1.80 bits per heavy atom. The molecule has 0 spiro atoms. The number of hydrogen-bond acceptors (Lipinski definition) is 3. The van der Waals surface area contributed by atoms with Gasteiger partial charge in [-0.25, -0.2) is 4.79 Å². The lowest BCUT2D eigenvalue weighted by Gasteiger charge is -2.04. The summed E-state index contributed by atoms with van der Waals surface area (Å²) in [4.78, 5) is 22.8. The molecule has 1 aromatic heterocycles. The van der Waals surface area contributed by atoms with Crippen LogP contribution in [0.1, 0.15) is 21.0 Å². The minimum atomic E-state index is -1.16. The number of rotatable bonds is 3. The van der Waals surface area contributed by atoms with E-state index in [1.54, 1.807) is 0 Å². The minimum absolute atomic E-state index is 0.0130. The van der Waals surface area contributed by atoms with Crippen LogP contribution in [0.2, 0.25) is 10.0 Å². The number of benzene rings is 1. The number of nitrogens with zero attached hydrogens (tertiary/aromatic N) is 2. The monoisotopic (exact) mass is 313 g/mol. The van der Waals surface area contributed by atoms with Crippen LogP contribution >= 0.6 is 23.2 Å². The van der Waals surface area contributed by atoms with Gasteiger partial charge in [0.1, 0.15) is 5.69 Å². The summed E-state index contributed by atoms with van der Waals surface area (Å²) in [5.41, 5.74) is 0.301. The maximum atomic E-state index is 12.0. The van der Waals surface area contributed by atoms with Crippen molar-refractivity contribution in [3.05, 3.63) is 45.7 Å². The summed E-state index contributed by atoms with van der Waals surface area (Å²) in [5.74, 6) is -1.71. The lowest BCUT2D eigenvalue weighted by molar-refractivity contribution is 0.0685. The molecule has 0 radical (unpaired) electrons. The summed E-state index contributed by atoms with van der Waals surface area (Å²) in [6.07, 6.45) is 0. The smallest absolute Gasteiger partial charge is 0.354 e. The second kappa shape index (κ2) is 5.52. The summed E-state index contributed by atoms with van der Waals surface area (Å²) in [6.45, 7) is 0. The normalized spacial score (nSPS) is 10.3. The van der Waals surface area contributed by atoms with E-state index >= 15 is 0 Å². The molecule has 8 heteroatoms. The van der Waals surface area contributed by atoms with E-state index in [1.807, 2.05) is 0 Å². The Balaban J connectivity index is 2.24. The van der Waals surface area contributed by atoms with Crippen LogP contribution < -0.4 is 5.32 Å². The van der Waals surface area contributed by atoms with E-state index in [9.17, 15) is 9.59 Å². The fraction of sp³-hybridized carbons (Fsp3) is 0.0833. The molecule has 2 rings (SSSR count). The van der Waals surface area contributed by atoms with Gasteiger partial charge in [-0.15, -0.1) is 0 Å². The third-order valence-electron chi connectivity index (χ3n) is 2.45. The van der Waals surface area contributed by atoms with Gasteiger partial charge in [0.15, 0.2) is 5.69 Å². The molecule has 0 saturated carbocycles. The number of halogens is 2. The zero-order valence-electron chi connectivity index (χ0n) is 10.2. The van der Waals surface area contributed by atoms with Crippen molar-refractivity contribution < 1.29 is 14.7 Å². The summed E-state index contributed by atoms with van der Waals surface area (Å²) >= 11 is 11.6. The van der Waals surface area contributed by atoms with Crippen LogP contribution in [-0.4, -0.2) is 26.8 Å². The van der Waals surface area contributed by atoms with Crippen LogP contribution in [0.3, 0.4) is 0 Å². The van der Waals surface area contributed by atoms with E-state index in [2.05, 4.69) is 10.4 Å². The third-order valence-corrected chi connectivity index (χ3v) is 2.89. The van der Waals surface area contributed by atoms with E-state index in [0.29, 0.717) is 15.7 Å². The molecule has 104 valence electrons. The molecule has 0 bridgehead atoms. The van der Waals surface area contributed by atoms with E-state index < -0.39 is 11.9 Å². The topological polar surface area (TPSA) is 84.2 Å². The number of carbonyl (C=O) groups excluding carboxylic acids is 1. The highest BCUT2D eigenvalue weighted by molar-refractivity contribution is 6.35. The van der Waals surface area contributed by atoms with E-state index in [-0.39, 0.29) is 11.4 Å². The molecule has 1 heterocycles. The van der Waals surface area contributed by atoms with Crippen molar-refractivity contribution in [2.24, 2.45) is 7.05 Å². The first kappa shape index (κ1) is 14.4. The number of aromatic nitrogens is 2. The Labute approximate surface area is 123 Å². The molecule has 1 amide bonds. The predicted molar refractivity (Wildman–Crippen MR) is 74.6 cm³/mol. The lowest BCUT2D eigenvalue weighted by Crippen LogP contribution is -2.13. The van der Waals surface area contributed by atoms with Gasteiger partial charge in [0, 0.05) is 28.8 Å². The van der Waals surface area contributed by atoms with Gasteiger partial charge in [0.2, 0.25) is 0 Å². The largest absolute Gasteiger partial charge is 0.477 e. The lowest BCUT2D eigenvalue weighted by atomic mass is 10.3. The Morgan fingerprint density at radius 3 is 2.30 bits per heavy atom. The molecule has 0 atom stereocenters. The molecular formula is C12H9Cl2N3O3. The molecule has 6 nitrogen and oxygen atoms in total. The number of hydrogen-bond donors (Lipinski definition) is 2. The number of nitrogens with one attached hydrogen (secondary N) is 1. The first-order chi connectivity index (χ1) is 9.36. The van der Waals surface area contributed by atoms with Crippen molar-refractivity contribution in [2.45, 2.75) is 0 Å². The molecule has 0 aliphatic heterocycles. The summed E-state index contributed by atoms with van der Waals surface area (Å²) in [7, 11) is 1.44. The Hall–Kier alpha value is -2.05. The van der Waals surface area contributed by atoms with Crippen LogP contribution in [0.5, 0.6) is 0 Å². The number of aromatic carboxylic acids is 1. The number of anilines is 1. The molecule has 0 unspecified atom stereocenters. The number of carboxylic acid groups (broad SMARTS) is 1. The molecule has 0 aliphatic carbocycles. The maximum absolute atomic E-state index is 12.0. The Morgan fingerprint density at radius 1 is 1.20 bits per heavy atom. The fourth-order valence-corrected chi connectivity index (χ4v) is 2.13. The molecule has 2 N–H and O–H groups in total. The quantitative estimate of drug-likeness (QED) is 0.912. The van der Waals surface area contributed by atoms with Crippen LogP contribution in [0.4, 0.5) is 5.69 Å². The Bertz CT molecular complexity index is 677. The van der Waals surface area contributed by atoms with Gasteiger partial charge in [0.25, 0.3) is 5.91 Å². The second-order valence-electron chi connectivity index (χ2n) is 3.96. The molecule has 20 heavy (non-hydrogen) atoms. The number of carbonyl (C=O) groups is 2. The minimum Gasteiger partial charge on any atom is -0.477 e. The van der Waals surface area contributed by atoms with Gasteiger partial charge in [-0.05, 0) is 18.2 Å². The van der Waals surface area contributed by atoms with Crippen molar-refractivity contribution in [3.8, 4) is 0 Å². The third kappa shape index (κ3) is 3.09. The van der Waals surface area contributed by atoms with E-state index in [1.165, 1.54) is 31.3 Å². The Kier molecular flexibility index (Phi) is 3.96. The van der Waals surface area contributed by atoms with Crippen molar-refractivity contribution >= 4 is 40.8 Å². The number of aryl methyl sites for hydroxylation is 1. The highest BCUT2D eigenvalue weighted by Gasteiger charge is 2.17. The molecule has 0 saturated heterocycles. The highest BCUT2D eigenvalue weighted by Crippen LogP contribution is 2.22. The molecule has 0 aliphatic rings. The highest BCUT2D eigenvalue weighted by atomic mass is 35.5. The zero-order valence-corrected chi connectivity index (χ0v) is 11.7. The van der Waals surface area contributed by atoms with Gasteiger partial charge in [-0.1, -0.05) is 23.2 Å². The number of amides is 1. The summed E-state index contributed by atoms with van der Waals surface area (Å²) in [6, 6.07) is 5.75. The second-order valence-corrected chi connectivity index (χ2v) is 4.83. The van der Waals surface area contributed by atoms with Gasteiger partial charge >= 0.3 is 5.97 Å².